The molecule has 0 unspecified atom stereocenters. The average molecular weight is 315 g/mol. The summed E-state index contributed by atoms with van der Waals surface area (Å²) in [6.45, 7) is 0.216. The van der Waals surface area contributed by atoms with Crippen molar-refractivity contribution in [3.05, 3.63) is 42.0 Å². The number of anilines is 1. The number of nitrogens with one attached hydrogen (secondary N) is 1. The first-order valence-electron chi connectivity index (χ1n) is 7.10. The van der Waals surface area contributed by atoms with Gasteiger partial charge >= 0.3 is 0 Å². The zero-order valence-corrected chi connectivity index (χ0v) is 12.9. The number of methoxy groups -OCH3 is 2. The Hall–Kier alpha value is -2.89. The van der Waals surface area contributed by atoms with Crippen LogP contribution in [0.5, 0.6) is 23.0 Å². The number of fused-ring (bicyclic) bond motifs is 1. The van der Waals surface area contributed by atoms with E-state index in [0.29, 0.717) is 28.7 Å². The summed E-state index contributed by atoms with van der Waals surface area (Å²) in [5.74, 6) is 2.43. The molecule has 1 aliphatic rings. The van der Waals surface area contributed by atoms with Crippen molar-refractivity contribution in [3.8, 4) is 23.0 Å². The maximum absolute atomic E-state index is 12.2. The molecule has 2 aromatic carbocycles. The van der Waals surface area contributed by atoms with E-state index >= 15 is 0 Å². The van der Waals surface area contributed by atoms with Gasteiger partial charge in [-0.1, -0.05) is 6.07 Å². The molecular weight excluding hydrogens is 298 g/mol. The molecule has 0 atom stereocenters. The van der Waals surface area contributed by atoms with Gasteiger partial charge in [-0.25, -0.2) is 0 Å². The molecule has 2 aromatic rings. The SMILES string of the molecule is COc1ccc(NC(=O)Cc2ccc3c(c2)OCO3)c(OC)c1. The molecule has 0 spiro atoms. The molecule has 0 saturated heterocycles. The van der Waals surface area contributed by atoms with Crippen LogP contribution in [0.2, 0.25) is 0 Å². The van der Waals surface area contributed by atoms with Gasteiger partial charge in [0.15, 0.2) is 11.5 Å². The normalized spacial score (nSPS) is 11.9. The van der Waals surface area contributed by atoms with Gasteiger partial charge in [0, 0.05) is 6.07 Å². The smallest absolute Gasteiger partial charge is 0.231 e. The first-order chi connectivity index (χ1) is 11.2. The lowest BCUT2D eigenvalue weighted by molar-refractivity contribution is -0.115. The van der Waals surface area contributed by atoms with Gasteiger partial charge in [-0.15, -0.1) is 0 Å². The first-order valence-corrected chi connectivity index (χ1v) is 7.10. The van der Waals surface area contributed by atoms with Crippen LogP contribution in [0.1, 0.15) is 5.56 Å². The van der Waals surface area contributed by atoms with Crippen molar-refractivity contribution >= 4 is 11.6 Å². The lowest BCUT2D eigenvalue weighted by atomic mass is 10.1. The molecule has 1 amide bonds. The number of benzene rings is 2. The summed E-state index contributed by atoms with van der Waals surface area (Å²) in [4.78, 5) is 12.2. The van der Waals surface area contributed by atoms with E-state index in [0.717, 1.165) is 5.56 Å². The highest BCUT2D eigenvalue weighted by Gasteiger charge is 2.15. The van der Waals surface area contributed by atoms with Crippen LogP contribution >= 0.6 is 0 Å². The summed E-state index contributed by atoms with van der Waals surface area (Å²) >= 11 is 0. The highest BCUT2D eigenvalue weighted by molar-refractivity contribution is 5.93. The van der Waals surface area contributed by atoms with Crippen molar-refractivity contribution in [1.29, 1.82) is 0 Å². The van der Waals surface area contributed by atoms with Crippen LogP contribution < -0.4 is 24.3 Å². The minimum Gasteiger partial charge on any atom is -0.497 e. The van der Waals surface area contributed by atoms with Crippen LogP contribution in [-0.4, -0.2) is 26.9 Å². The first kappa shape index (κ1) is 15.0. The van der Waals surface area contributed by atoms with Crippen LogP contribution in [-0.2, 0) is 11.2 Å². The van der Waals surface area contributed by atoms with Crippen LogP contribution in [0, 0.1) is 0 Å². The summed E-state index contributed by atoms with van der Waals surface area (Å²) in [6.07, 6.45) is 0.228. The van der Waals surface area contributed by atoms with E-state index in [4.69, 9.17) is 18.9 Å². The van der Waals surface area contributed by atoms with Crippen LogP contribution in [0.4, 0.5) is 5.69 Å². The van der Waals surface area contributed by atoms with Gasteiger partial charge in [-0.3, -0.25) is 4.79 Å². The molecule has 6 nitrogen and oxygen atoms in total. The predicted octanol–water partition coefficient (Wildman–Crippen LogP) is 2.61. The monoisotopic (exact) mass is 315 g/mol. The predicted molar refractivity (Wildman–Crippen MR) is 84.4 cm³/mol. The fourth-order valence-electron chi connectivity index (χ4n) is 2.33. The van der Waals surface area contributed by atoms with Crippen LogP contribution in [0.15, 0.2) is 36.4 Å². The Morgan fingerprint density at radius 2 is 1.91 bits per heavy atom. The summed E-state index contributed by atoms with van der Waals surface area (Å²) in [5.41, 5.74) is 1.44. The number of hydrogen-bond donors (Lipinski definition) is 1. The van der Waals surface area contributed by atoms with Crippen LogP contribution in [0.25, 0.3) is 0 Å². The Morgan fingerprint density at radius 1 is 1.09 bits per heavy atom. The number of ether oxygens (including phenoxy) is 4. The van der Waals surface area contributed by atoms with Crippen molar-refractivity contribution < 1.29 is 23.7 Å². The molecule has 6 heteroatoms. The third kappa shape index (κ3) is 3.31. The third-order valence-corrected chi connectivity index (χ3v) is 3.48. The van der Waals surface area contributed by atoms with Gasteiger partial charge in [0.05, 0.1) is 26.3 Å². The molecule has 0 saturated carbocycles. The van der Waals surface area contributed by atoms with Gasteiger partial charge in [-0.2, -0.15) is 0 Å². The van der Waals surface area contributed by atoms with Gasteiger partial charge in [0.2, 0.25) is 12.7 Å². The maximum atomic E-state index is 12.2. The number of amides is 1. The van der Waals surface area contributed by atoms with Crippen molar-refractivity contribution in [2.45, 2.75) is 6.42 Å². The van der Waals surface area contributed by atoms with E-state index in [1.54, 1.807) is 38.5 Å². The van der Waals surface area contributed by atoms with Gasteiger partial charge in [-0.05, 0) is 29.8 Å². The second-order valence-electron chi connectivity index (χ2n) is 4.98. The van der Waals surface area contributed by atoms with Crippen molar-refractivity contribution in [1.82, 2.24) is 0 Å². The third-order valence-electron chi connectivity index (χ3n) is 3.48. The molecule has 0 aliphatic carbocycles. The molecule has 3 rings (SSSR count). The van der Waals surface area contributed by atoms with E-state index in [9.17, 15) is 4.79 Å². The van der Waals surface area contributed by atoms with E-state index in [-0.39, 0.29) is 19.1 Å². The summed E-state index contributed by atoms with van der Waals surface area (Å²) in [7, 11) is 3.12. The Labute approximate surface area is 133 Å². The quantitative estimate of drug-likeness (QED) is 0.919. The lowest BCUT2D eigenvalue weighted by Gasteiger charge is -2.11. The molecule has 0 radical (unpaired) electrons. The Bertz CT molecular complexity index is 729. The topological polar surface area (TPSA) is 66.0 Å². The standard InChI is InChI=1S/C17H17NO5/c1-20-12-4-5-13(15(9-12)21-2)18-17(19)8-11-3-6-14-16(7-11)23-10-22-14/h3-7,9H,8,10H2,1-2H3,(H,18,19). The second-order valence-corrected chi connectivity index (χ2v) is 4.98. The molecule has 1 N–H and O–H groups in total. The highest BCUT2D eigenvalue weighted by Crippen LogP contribution is 2.33. The van der Waals surface area contributed by atoms with Gasteiger partial charge in [0.25, 0.3) is 0 Å². The van der Waals surface area contributed by atoms with Gasteiger partial charge < -0.3 is 24.3 Å². The number of carbonyl (C=O) groups is 1. The molecule has 0 bridgehead atoms. The zero-order valence-electron chi connectivity index (χ0n) is 12.9. The maximum Gasteiger partial charge on any atom is 0.231 e. The fraction of sp³-hybridized carbons (Fsp3) is 0.235. The molecule has 0 aromatic heterocycles. The number of carbonyl (C=O) groups excluding carboxylic acids is 1. The van der Waals surface area contributed by atoms with Crippen molar-refractivity contribution in [2.75, 3.05) is 26.3 Å². The van der Waals surface area contributed by atoms with E-state index < -0.39 is 0 Å². The zero-order chi connectivity index (χ0) is 16.2. The summed E-state index contributed by atoms with van der Waals surface area (Å²) < 4.78 is 21.0. The van der Waals surface area contributed by atoms with Crippen molar-refractivity contribution in [2.24, 2.45) is 0 Å². The number of hydrogen-bond acceptors (Lipinski definition) is 5. The van der Waals surface area contributed by atoms with Crippen molar-refractivity contribution in [3.63, 3.8) is 0 Å². The largest absolute Gasteiger partial charge is 0.497 e. The summed E-state index contributed by atoms with van der Waals surface area (Å²) in [5, 5.41) is 2.84. The molecular formula is C17H17NO5. The van der Waals surface area contributed by atoms with Crippen LogP contribution in [0.3, 0.4) is 0 Å². The fourth-order valence-corrected chi connectivity index (χ4v) is 2.33. The van der Waals surface area contributed by atoms with E-state index in [1.165, 1.54) is 0 Å². The average Bonchev–Trinajstić information content (AvgIpc) is 3.02. The molecule has 23 heavy (non-hydrogen) atoms. The summed E-state index contributed by atoms with van der Waals surface area (Å²) in [6, 6.07) is 10.7. The molecule has 120 valence electrons. The minimum absolute atomic E-state index is 0.146. The molecule has 1 aliphatic heterocycles. The minimum atomic E-state index is -0.146. The van der Waals surface area contributed by atoms with Gasteiger partial charge in [0.1, 0.15) is 11.5 Å². The Morgan fingerprint density at radius 3 is 2.70 bits per heavy atom. The highest BCUT2D eigenvalue weighted by atomic mass is 16.7. The Kier molecular flexibility index (Phi) is 4.23. The molecule has 0 fully saturated rings. The Balaban J connectivity index is 1.70. The van der Waals surface area contributed by atoms with E-state index in [2.05, 4.69) is 5.32 Å². The lowest BCUT2D eigenvalue weighted by Crippen LogP contribution is -2.15. The second kappa shape index (κ2) is 6.48. The number of rotatable bonds is 5. The van der Waals surface area contributed by atoms with E-state index in [1.807, 2.05) is 12.1 Å². The molecule has 1 heterocycles.